The highest BCUT2D eigenvalue weighted by molar-refractivity contribution is 6.15. The molecule has 1 aliphatic carbocycles. The molecule has 1 nitrogen and oxygen atoms in total. The second-order valence-corrected chi connectivity index (χ2v) is 13.3. The minimum atomic E-state index is 0.0572. The molecule has 4 aromatic carbocycles. The Labute approximate surface area is 218 Å². The van der Waals surface area contributed by atoms with E-state index in [1.54, 1.807) is 0 Å². The van der Waals surface area contributed by atoms with Crippen molar-refractivity contribution in [2.75, 3.05) is 0 Å². The van der Waals surface area contributed by atoms with Crippen molar-refractivity contribution in [2.24, 2.45) is 10.8 Å². The van der Waals surface area contributed by atoms with Gasteiger partial charge in [0.2, 0.25) is 0 Å². The lowest BCUT2D eigenvalue weighted by molar-refractivity contribution is 0.411. The fraction of sp³-hybridized carbons (Fsp3) is 0.343. The molecule has 0 atom stereocenters. The van der Waals surface area contributed by atoms with E-state index in [1.165, 1.54) is 44.0 Å². The second-order valence-electron chi connectivity index (χ2n) is 13.3. The third-order valence-corrected chi connectivity index (χ3v) is 7.51. The van der Waals surface area contributed by atoms with Gasteiger partial charge in [-0.25, -0.2) is 0 Å². The lowest BCUT2D eigenvalue weighted by atomic mass is 9.76. The maximum absolute atomic E-state index is 8.97. The molecule has 1 aliphatic rings. The number of hydrogen-bond donors (Lipinski definition) is 0. The third-order valence-electron chi connectivity index (χ3n) is 7.51. The highest BCUT2D eigenvalue weighted by Gasteiger charge is 2.27. The number of nitrogens with zero attached hydrogens (tertiary/aromatic N) is 1. The van der Waals surface area contributed by atoms with Gasteiger partial charge in [0, 0.05) is 17.1 Å². The Balaban J connectivity index is 1.76. The molecule has 0 bridgehead atoms. The predicted molar refractivity (Wildman–Crippen MR) is 156 cm³/mol. The van der Waals surface area contributed by atoms with E-state index in [4.69, 9.17) is 7.73 Å². The van der Waals surface area contributed by atoms with E-state index in [0.717, 1.165) is 46.7 Å². The summed E-state index contributed by atoms with van der Waals surface area (Å²) in [4.78, 5) is 4.81. The van der Waals surface area contributed by atoms with Crippen molar-refractivity contribution in [2.45, 2.75) is 67.7 Å². The van der Waals surface area contributed by atoms with E-state index in [0.29, 0.717) is 0 Å². The highest BCUT2D eigenvalue weighted by atomic mass is 14.7. The minimum absolute atomic E-state index is 0.0572. The highest BCUT2D eigenvalue weighted by Crippen LogP contribution is 2.46. The summed E-state index contributed by atoms with van der Waals surface area (Å²) in [6, 6.07) is 18.2. The van der Waals surface area contributed by atoms with E-state index < -0.39 is 0 Å². The molecule has 182 valence electrons. The summed E-state index contributed by atoms with van der Waals surface area (Å²) in [6.45, 7) is 15.9. The molecular weight excluding hydrogens is 434 g/mol. The Kier molecular flexibility index (Phi) is 4.60. The minimum Gasteiger partial charge on any atom is -0.256 e. The Bertz CT molecular complexity index is 1780. The zero-order chi connectivity index (χ0) is 27.1. The summed E-state index contributed by atoms with van der Waals surface area (Å²) in [7, 11) is 0. The number of aromatic nitrogens is 1. The first-order chi connectivity index (χ1) is 17.8. The van der Waals surface area contributed by atoms with E-state index in [-0.39, 0.29) is 23.0 Å². The van der Waals surface area contributed by atoms with Crippen molar-refractivity contribution in [3.8, 4) is 11.3 Å². The fourth-order valence-corrected chi connectivity index (χ4v) is 6.18. The van der Waals surface area contributed by atoms with Gasteiger partial charge in [-0.1, -0.05) is 83.5 Å². The van der Waals surface area contributed by atoms with Crippen molar-refractivity contribution in [1.29, 1.82) is 0 Å². The van der Waals surface area contributed by atoms with Crippen LogP contribution in [0.3, 0.4) is 0 Å². The first-order valence-corrected chi connectivity index (χ1v) is 13.2. The maximum Gasteiger partial charge on any atom is 0.0840 e. The van der Waals surface area contributed by atoms with Crippen LogP contribution < -0.4 is 0 Å². The SMILES string of the molecule is [2H]c1nc2c3c(cc4c(CC(C)(C)C)cccc4c3c1[2H])Cc1c-2cc2cc(C)ccc2c1CC(C)(C)C. The third kappa shape index (κ3) is 3.90. The van der Waals surface area contributed by atoms with Gasteiger partial charge in [0.1, 0.15) is 0 Å². The summed E-state index contributed by atoms with van der Waals surface area (Å²) in [5.41, 5.74) is 8.82. The molecule has 0 radical (unpaired) electrons. The Morgan fingerprint density at radius 1 is 0.833 bits per heavy atom. The molecular formula is C35H37N. The molecule has 0 aliphatic heterocycles. The Hall–Kier alpha value is -3.19. The molecule has 0 unspecified atom stereocenters. The van der Waals surface area contributed by atoms with E-state index in [1.807, 2.05) is 0 Å². The number of hydrogen-bond acceptors (Lipinski definition) is 1. The van der Waals surface area contributed by atoms with Gasteiger partial charge in [0.15, 0.2) is 0 Å². The van der Waals surface area contributed by atoms with Crippen LogP contribution in [0.4, 0.5) is 0 Å². The monoisotopic (exact) mass is 473 g/mol. The largest absolute Gasteiger partial charge is 0.256 e. The van der Waals surface area contributed by atoms with Crippen molar-refractivity contribution < 1.29 is 2.74 Å². The molecule has 0 saturated heterocycles. The van der Waals surface area contributed by atoms with Crippen molar-refractivity contribution in [1.82, 2.24) is 4.98 Å². The summed E-state index contributed by atoms with van der Waals surface area (Å²) in [6.07, 6.45) is 2.82. The van der Waals surface area contributed by atoms with Gasteiger partial charge in [0.25, 0.3) is 0 Å². The molecule has 0 fully saturated rings. The molecule has 1 aromatic heterocycles. The van der Waals surface area contributed by atoms with Crippen LogP contribution in [-0.4, -0.2) is 4.98 Å². The van der Waals surface area contributed by atoms with Gasteiger partial charge in [0.05, 0.1) is 8.44 Å². The normalized spacial score (nSPS) is 14.3. The number of pyridine rings is 1. The number of rotatable bonds is 2. The molecule has 0 amide bonds. The Morgan fingerprint density at radius 3 is 2.36 bits per heavy atom. The molecule has 1 heteroatoms. The summed E-state index contributed by atoms with van der Waals surface area (Å²) < 4.78 is 17.7. The summed E-state index contributed by atoms with van der Waals surface area (Å²) in [5, 5.41) is 6.79. The van der Waals surface area contributed by atoms with Crippen LogP contribution in [0.15, 0.2) is 60.7 Å². The standard InChI is InChI=1S/C35H37N/c1-21-11-12-25-23(15-21)16-30-29(31(25)20-35(5,6)7)18-24-17-28-22(19-34(2,3)4)9-8-10-26(28)27-13-14-36-33(30)32(24)27/h8-17H,18-20H2,1-7H3/i13D,14D. The van der Waals surface area contributed by atoms with Crippen LogP contribution in [0.1, 0.15) is 72.1 Å². The first kappa shape index (κ1) is 20.9. The van der Waals surface area contributed by atoms with Crippen molar-refractivity contribution in [3.63, 3.8) is 0 Å². The molecule has 1 heterocycles. The van der Waals surface area contributed by atoms with Crippen LogP contribution in [0.2, 0.25) is 0 Å². The molecule has 5 aromatic rings. The quantitative estimate of drug-likeness (QED) is 0.228. The number of aryl methyl sites for hydroxylation is 1. The van der Waals surface area contributed by atoms with Gasteiger partial charge >= 0.3 is 0 Å². The van der Waals surface area contributed by atoms with Gasteiger partial charge < -0.3 is 0 Å². The van der Waals surface area contributed by atoms with Gasteiger partial charge in [-0.3, -0.25) is 4.98 Å². The average Bonchev–Trinajstić information content (AvgIpc) is 2.80. The number of benzene rings is 4. The van der Waals surface area contributed by atoms with Crippen LogP contribution in [-0.2, 0) is 19.3 Å². The van der Waals surface area contributed by atoms with Crippen molar-refractivity contribution >= 4 is 32.3 Å². The zero-order valence-electron chi connectivity index (χ0n) is 24.7. The van der Waals surface area contributed by atoms with Gasteiger partial charge in [-0.15, -0.1) is 0 Å². The lowest BCUT2D eigenvalue weighted by Gasteiger charge is -2.28. The fourth-order valence-electron chi connectivity index (χ4n) is 6.18. The van der Waals surface area contributed by atoms with Crippen LogP contribution >= 0.6 is 0 Å². The van der Waals surface area contributed by atoms with Crippen LogP contribution in [0.25, 0.3) is 43.6 Å². The van der Waals surface area contributed by atoms with Crippen LogP contribution in [0.5, 0.6) is 0 Å². The summed E-state index contributed by atoms with van der Waals surface area (Å²) in [5.74, 6) is 0. The van der Waals surface area contributed by atoms with Gasteiger partial charge in [-0.2, -0.15) is 0 Å². The maximum atomic E-state index is 8.97. The van der Waals surface area contributed by atoms with Gasteiger partial charge in [-0.05, 0) is 104 Å². The number of fused-ring (bicyclic) bond motifs is 5. The second kappa shape index (κ2) is 7.90. The molecule has 36 heavy (non-hydrogen) atoms. The van der Waals surface area contributed by atoms with E-state index >= 15 is 0 Å². The topological polar surface area (TPSA) is 12.9 Å². The summed E-state index contributed by atoms with van der Waals surface area (Å²) >= 11 is 0. The zero-order valence-corrected chi connectivity index (χ0v) is 22.7. The lowest BCUT2D eigenvalue weighted by Crippen LogP contribution is -2.14. The smallest absolute Gasteiger partial charge is 0.0840 e. The average molecular weight is 474 g/mol. The molecule has 0 spiro atoms. The molecule has 0 N–H and O–H groups in total. The first-order valence-electron chi connectivity index (χ1n) is 14.2. The molecule has 0 saturated carbocycles. The van der Waals surface area contributed by atoms with Crippen LogP contribution in [0, 0.1) is 17.8 Å². The Morgan fingerprint density at radius 2 is 1.61 bits per heavy atom. The van der Waals surface area contributed by atoms with Crippen molar-refractivity contribution in [3.05, 3.63) is 88.6 Å². The van der Waals surface area contributed by atoms with E-state index in [2.05, 4.69) is 97.0 Å². The van der Waals surface area contributed by atoms with E-state index in [9.17, 15) is 0 Å². The predicted octanol–water partition coefficient (Wildman–Crippen LogP) is 9.60. The molecule has 6 rings (SSSR count).